The van der Waals surface area contributed by atoms with Crippen LogP contribution in [0.5, 0.6) is 5.88 Å². The van der Waals surface area contributed by atoms with Gasteiger partial charge in [0.15, 0.2) is 5.82 Å². The Morgan fingerprint density at radius 1 is 0.966 bits per heavy atom. The number of carboxylic acids is 1. The molecule has 1 N–H and O–H groups in total. The van der Waals surface area contributed by atoms with Gasteiger partial charge in [-0.15, -0.1) is 0 Å². The molecule has 6 nitrogen and oxygen atoms in total. The normalized spacial score (nSPS) is 10.9. The van der Waals surface area contributed by atoms with Gasteiger partial charge in [-0.1, -0.05) is 0 Å². The molecule has 0 bridgehead atoms. The highest BCUT2D eigenvalue weighted by Crippen LogP contribution is 2.33. The minimum atomic E-state index is -1.12. The van der Waals surface area contributed by atoms with Crippen LogP contribution < -0.4 is 4.74 Å². The lowest BCUT2D eigenvalue weighted by molar-refractivity contribution is 0.0697. The van der Waals surface area contributed by atoms with Gasteiger partial charge in [0.2, 0.25) is 5.88 Å². The number of ether oxygens (including phenoxy) is 1. The summed E-state index contributed by atoms with van der Waals surface area (Å²) in [6.45, 7) is 0. The van der Waals surface area contributed by atoms with E-state index in [0.29, 0.717) is 16.8 Å². The number of aromatic nitrogens is 3. The predicted octanol–water partition coefficient (Wildman–Crippen LogP) is 4.34. The number of rotatable bonds is 4. The molecule has 8 heteroatoms. The van der Waals surface area contributed by atoms with Gasteiger partial charge < -0.3 is 9.84 Å². The molecular weight excluding hydrogens is 380 g/mol. The second-order valence-corrected chi connectivity index (χ2v) is 6.14. The molecule has 2 heterocycles. The van der Waals surface area contributed by atoms with Crippen molar-refractivity contribution in [3.8, 4) is 28.4 Å². The molecule has 0 aliphatic rings. The van der Waals surface area contributed by atoms with Gasteiger partial charge >= 0.3 is 5.97 Å². The van der Waals surface area contributed by atoms with Crippen LogP contribution in [0.2, 0.25) is 0 Å². The van der Waals surface area contributed by atoms with Crippen LogP contribution in [0.3, 0.4) is 0 Å². The van der Waals surface area contributed by atoms with E-state index < -0.39 is 17.6 Å². The molecule has 29 heavy (non-hydrogen) atoms. The first-order chi connectivity index (χ1) is 14.0. The second kappa shape index (κ2) is 7.23. The maximum atomic E-state index is 14.6. The zero-order chi connectivity index (χ0) is 20.5. The van der Waals surface area contributed by atoms with Crippen molar-refractivity contribution < 1.29 is 23.4 Å². The van der Waals surface area contributed by atoms with Crippen LogP contribution >= 0.6 is 0 Å². The Morgan fingerprint density at radius 3 is 2.38 bits per heavy atom. The number of pyridine rings is 1. The van der Waals surface area contributed by atoms with Crippen molar-refractivity contribution in [3.05, 3.63) is 71.9 Å². The van der Waals surface area contributed by atoms with Crippen molar-refractivity contribution in [2.75, 3.05) is 7.11 Å². The fourth-order valence-corrected chi connectivity index (χ4v) is 2.90. The van der Waals surface area contributed by atoms with Crippen molar-refractivity contribution in [2.45, 2.75) is 0 Å². The largest absolute Gasteiger partial charge is 0.481 e. The molecular formula is C21H13F2N3O3. The zero-order valence-corrected chi connectivity index (χ0v) is 15.1. The summed E-state index contributed by atoms with van der Waals surface area (Å²) >= 11 is 0. The van der Waals surface area contributed by atoms with Gasteiger partial charge in [-0.2, -0.15) is 0 Å². The summed E-state index contributed by atoms with van der Waals surface area (Å²) < 4.78 is 33.1. The fraction of sp³-hybridized carbons (Fsp3) is 0.0476. The highest BCUT2D eigenvalue weighted by Gasteiger charge is 2.18. The van der Waals surface area contributed by atoms with Crippen LogP contribution in [-0.4, -0.2) is 33.1 Å². The Bertz CT molecular complexity index is 1240. The number of methoxy groups -OCH3 is 1. The van der Waals surface area contributed by atoms with Crippen molar-refractivity contribution in [1.29, 1.82) is 0 Å². The summed E-state index contributed by atoms with van der Waals surface area (Å²) in [5.74, 6) is -2.02. The summed E-state index contributed by atoms with van der Waals surface area (Å²) in [6.07, 6.45) is 1.00. The van der Waals surface area contributed by atoms with Crippen molar-refractivity contribution in [3.63, 3.8) is 0 Å². The van der Waals surface area contributed by atoms with Gasteiger partial charge in [-0.05, 0) is 42.5 Å². The van der Waals surface area contributed by atoms with Crippen molar-refractivity contribution >= 4 is 17.0 Å². The van der Waals surface area contributed by atoms with E-state index in [1.807, 2.05) is 0 Å². The maximum Gasteiger partial charge on any atom is 0.335 e. The van der Waals surface area contributed by atoms with E-state index in [1.165, 1.54) is 55.6 Å². The van der Waals surface area contributed by atoms with Gasteiger partial charge in [0.25, 0.3) is 0 Å². The molecule has 0 amide bonds. The Morgan fingerprint density at radius 2 is 1.69 bits per heavy atom. The average molecular weight is 393 g/mol. The smallest absolute Gasteiger partial charge is 0.335 e. The quantitative estimate of drug-likeness (QED) is 0.555. The third-order valence-corrected chi connectivity index (χ3v) is 4.32. The minimum absolute atomic E-state index is 0.0278. The van der Waals surface area contributed by atoms with E-state index in [1.54, 1.807) is 0 Å². The first-order valence-corrected chi connectivity index (χ1v) is 8.47. The van der Waals surface area contributed by atoms with E-state index >= 15 is 0 Å². The second-order valence-electron chi connectivity index (χ2n) is 6.14. The molecule has 0 spiro atoms. The van der Waals surface area contributed by atoms with E-state index in [-0.39, 0.29) is 28.2 Å². The fourth-order valence-electron chi connectivity index (χ4n) is 2.90. The van der Waals surface area contributed by atoms with E-state index in [4.69, 9.17) is 4.74 Å². The Kier molecular flexibility index (Phi) is 4.59. The number of carbonyl (C=O) groups is 1. The summed E-state index contributed by atoms with van der Waals surface area (Å²) in [5.41, 5.74) is 1.79. The zero-order valence-electron chi connectivity index (χ0n) is 15.1. The monoisotopic (exact) mass is 393 g/mol. The van der Waals surface area contributed by atoms with Gasteiger partial charge in [0.05, 0.1) is 35.6 Å². The highest BCUT2D eigenvalue weighted by molar-refractivity contribution is 5.94. The number of fused-ring (bicyclic) bond motifs is 1. The molecule has 144 valence electrons. The summed E-state index contributed by atoms with van der Waals surface area (Å²) in [4.78, 5) is 24.1. The van der Waals surface area contributed by atoms with Crippen LogP contribution in [0, 0.1) is 11.6 Å². The van der Waals surface area contributed by atoms with Gasteiger partial charge in [-0.3, -0.25) is 0 Å². The molecule has 0 saturated carbocycles. The first kappa shape index (κ1) is 18.4. The van der Waals surface area contributed by atoms with Crippen LogP contribution in [0.15, 0.2) is 54.7 Å². The predicted molar refractivity (Wildman–Crippen MR) is 102 cm³/mol. The van der Waals surface area contributed by atoms with Gasteiger partial charge in [0, 0.05) is 17.2 Å². The summed E-state index contributed by atoms with van der Waals surface area (Å²) in [6, 6.07) is 11.2. The number of aromatic carboxylic acids is 1. The molecule has 0 radical (unpaired) electrons. The molecule has 0 unspecified atom stereocenters. The standard InChI is InChI=1S/C21H13F2N3O3/c1-29-18-9-14(15(23)10-24-18)20-19(11-2-5-13(22)6-3-11)25-16-7-4-12(21(27)28)8-17(16)26-20/h2-10H,1H3,(H,27,28). The molecule has 4 rings (SSSR count). The van der Waals surface area contributed by atoms with Gasteiger partial charge in [0.1, 0.15) is 11.5 Å². The molecule has 0 saturated heterocycles. The molecule has 0 fully saturated rings. The number of hydrogen-bond acceptors (Lipinski definition) is 5. The number of hydrogen-bond donors (Lipinski definition) is 1. The van der Waals surface area contributed by atoms with Crippen molar-refractivity contribution in [1.82, 2.24) is 15.0 Å². The Labute approximate surface area is 163 Å². The van der Waals surface area contributed by atoms with Crippen LogP contribution in [-0.2, 0) is 0 Å². The minimum Gasteiger partial charge on any atom is -0.481 e. The number of nitrogens with zero attached hydrogens (tertiary/aromatic N) is 3. The number of halogens is 2. The Balaban J connectivity index is 2.04. The molecule has 2 aromatic heterocycles. The number of carboxylic acid groups (broad SMARTS) is 1. The molecule has 0 aliphatic carbocycles. The third kappa shape index (κ3) is 3.47. The average Bonchev–Trinajstić information content (AvgIpc) is 2.73. The van der Waals surface area contributed by atoms with E-state index in [0.717, 1.165) is 6.20 Å². The van der Waals surface area contributed by atoms with Crippen LogP contribution in [0.25, 0.3) is 33.5 Å². The maximum absolute atomic E-state index is 14.6. The lowest BCUT2D eigenvalue weighted by Crippen LogP contribution is -2.01. The molecule has 0 aliphatic heterocycles. The highest BCUT2D eigenvalue weighted by atomic mass is 19.1. The molecule has 2 aromatic carbocycles. The van der Waals surface area contributed by atoms with E-state index in [2.05, 4.69) is 15.0 Å². The van der Waals surface area contributed by atoms with Crippen molar-refractivity contribution in [2.24, 2.45) is 0 Å². The molecule has 4 aromatic rings. The lowest BCUT2D eigenvalue weighted by atomic mass is 10.0. The first-order valence-electron chi connectivity index (χ1n) is 8.47. The third-order valence-electron chi connectivity index (χ3n) is 4.32. The molecule has 0 atom stereocenters. The van der Waals surface area contributed by atoms with Crippen LogP contribution in [0.4, 0.5) is 8.78 Å². The lowest BCUT2D eigenvalue weighted by Gasteiger charge is -2.12. The number of benzene rings is 2. The summed E-state index contributed by atoms with van der Waals surface area (Å²) in [5, 5.41) is 9.23. The van der Waals surface area contributed by atoms with Crippen LogP contribution in [0.1, 0.15) is 10.4 Å². The Hall–Kier alpha value is -3.94. The van der Waals surface area contributed by atoms with E-state index in [9.17, 15) is 18.7 Å². The topological polar surface area (TPSA) is 85.2 Å². The van der Waals surface area contributed by atoms with Gasteiger partial charge in [-0.25, -0.2) is 28.5 Å². The summed E-state index contributed by atoms with van der Waals surface area (Å²) in [7, 11) is 1.40. The SMILES string of the molecule is COc1cc(-c2nc3cc(C(=O)O)ccc3nc2-c2ccc(F)cc2)c(F)cn1.